The summed E-state index contributed by atoms with van der Waals surface area (Å²) in [5, 5.41) is 0. The molecule has 0 amide bonds. The molecule has 31 heavy (non-hydrogen) atoms. The third-order valence-electron chi connectivity index (χ3n) is 6.15. The van der Waals surface area contributed by atoms with E-state index in [1.807, 2.05) is 60.7 Å². The zero-order chi connectivity index (χ0) is 23.0. The number of para-hydroxylation sites is 2. The Balaban J connectivity index is 2.27. The van der Waals surface area contributed by atoms with Gasteiger partial charge in [0.25, 0.3) is 5.79 Å². The second-order valence-corrected chi connectivity index (χ2v) is 11.0. The maximum Gasteiger partial charge on any atom is 0.251 e. The molecule has 0 fully saturated rings. The van der Waals surface area contributed by atoms with Gasteiger partial charge in [0.1, 0.15) is 11.5 Å². The third-order valence-corrected chi connectivity index (χ3v) is 6.15. The van der Waals surface area contributed by atoms with Gasteiger partial charge in [-0.2, -0.15) is 0 Å². The lowest BCUT2D eigenvalue weighted by Gasteiger charge is -2.42. The van der Waals surface area contributed by atoms with Crippen molar-refractivity contribution in [1.82, 2.24) is 0 Å². The van der Waals surface area contributed by atoms with Gasteiger partial charge >= 0.3 is 0 Å². The summed E-state index contributed by atoms with van der Waals surface area (Å²) in [4.78, 5) is 0. The van der Waals surface area contributed by atoms with E-state index in [-0.39, 0.29) is 10.8 Å². The molecule has 0 aromatic heterocycles. The first kappa shape index (κ1) is 25.3. The van der Waals surface area contributed by atoms with Gasteiger partial charge in [-0.15, -0.1) is 0 Å². The molecule has 0 aliphatic heterocycles. The lowest BCUT2D eigenvalue weighted by molar-refractivity contribution is -0.129. The van der Waals surface area contributed by atoms with Gasteiger partial charge in [0, 0.05) is 12.8 Å². The van der Waals surface area contributed by atoms with E-state index in [0.29, 0.717) is 5.92 Å². The summed E-state index contributed by atoms with van der Waals surface area (Å²) in [6.07, 6.45) is 6.18. The van der Waals surface area contributed by atoms with Crippen molar-refractivity contribution in [1.29, 1.82) is 0 Å². The predicted molar refractivity (Wildman–Crippen MR) is 133 cm³/mol. The zero-order valence-corrected chi connectivity index (χ0v) is 20.9. The number of benzene rings is 2. The molecule has 2 aromatic carbocycles. The largest absolute Gasteiger partial charge is 0.452 e. The Kier molecular flexibility index (Phi) is 9.03. The van der Waals surface area contributed by atoms with Crippen molar-refractivity contribution < 1.29 is 9.47 Å². The average molecular weight is 425 g/mol. The highest BCUT2D eigenvalue weighted by molar-refractivity contribution is 5.24. The molecule has 0 N–H and O–H groups in total. The predicted octanol–water partition coefficient (Wildman–Crippen LogP) is 8.91. The minimum Gasteiger partial charge on any atom is -0.452 e. The second kappa shape index (κ2) is 11.1. The lowest BCUT2D eigenvalue weighted by atomic mass is 9.64. The van der Waals surface area contributed by atoms with Gasteiger partial charge in [-0.05, 0) is 60.3 Å². The molecule has 2 heteroatoms. The van der Waals surface area contributed by atoms with Crippen LogP contribution in [0.4, 0.5) is 0 Å². The molecular weight excluding hydrogens is 380 g/mol. The highest BCUT2D eigenvalue weighted by Gasteiger charge is 2.38. The molecule has 2 aromatic rings. The van der Waals surface area contributed by atoms with Crippen molar-refractivity contribution >= 4 is 0 Å². The molecular formula is C29H44O2. The van der Waals surface area contributed by atoms with Crippen LogP contribution in [0.3, 0.4) is 0 Å². The van der Waals surface area contributed by atoms with E-state index in [1.165, 1.54) is 0 Å². The van der Waals surface area contributed by atoms with Crippen molar-refractivity contribution in [3.05, 3.63) is 60.7 Å². The average Bonchev–Trinajstić information content (AvgIpc) is 2.69. The zero-order valence-electron chi connectivity index (χ0n) is 20.9. The molecule has 0 atom stereocenters. The van der Waals surface area contributed by atoms with Crippen LogP contribution in [0.15, 0.2) is 60.7 Å². The first-order chi connectivity index (χ1) is 14.6. The fourth-order valence-electron chi connectivity index (χ4n) is 4.94. The Labute approximate surface area is 191 Å². The second-order valence-electron chi connectivity index (χ2n) is 11.0. The molecule has 172 valence electrons. The van der Waals surface area contributed by atoms with Crippen molar-refractivity contribution in [2.24, 2.45) is 16.7 Å². The molecule has 0 saturated heterocycles. The van der Waals surface area contributed by atoms with Crippen LogP contribution in [0.25, 0.3) is 0 Å². The van der Waals surface area contributed by atoms with Crippen molar-refractivity contribution in [3.8, 4) is 11.5 Å². The summed E-state index contributed by atoms with van der Waals surface area (Å²) in [6, 6.07) is 20.3. The summed E-state index contributed by atoms with van der Waals surface area (Å²) in [7, 11) is 0. The number of hydrogen-bond acceptors (Lipinski definition) is 2. The van der Waals surface area contributed by atoms with Crippen molar-refractivity contribution in [2.75, 3.05) is 0 Å². The summed E-state index contributed by atoms with van der Waals surface area (Å²) in [5.41, 5.74) is 0.538. The van der Waals surface area contributed by atoms with E-state index in [0.717, 1.165) is 50.0 Å². The van der Waals surface area contributed by atoms with Crippen LogP contribution in [0.2, 0.25) is 0 Å². The molecule has 2 rings (SSSR count). The molecule has 0 unspecified atom stereocenters. The molecule has 0 bridgehead atoms. The Bertz CT molecular complexity index is 682. The van der Waals surface area contributed by atoms with E-state index >= 15 is 0 Å². The van der Waals surface area contributed by atoms with Crippen LogP contribution in [-0.2, 0) is 0 Å². The Morgan fingerprint density at radius 1 is 0.645 bits per heavy atom. The van der Waals surface area contributed by atoms with E-state index in [2.05, 4.69) is 48.5 Å². The summed E-state index contributed by atoms with van der Waals surface area (Å²) < 4.78 is 13.3. The first-order valence-corrected chi connectivity index (χ1v) is 12.0. The van der Waals surface area contributed by atoms with E-state index < -0.39 is 5.79 Å². The van der Waals surface area contributed by atoms with Gasteiger partial charge in [0.15, 0.2) is 0 Å². The molecule has 0 aliphatic carbocycles. The van der Waals surface area contributed by atoms with E-state index in [1.54, 1.807) is 0 Å². The van der Waals surface area contributed by atoms with Crippen LogP contribution >= 0.6 is 0 Å². The highest BCUT2D eigenvalue weighted by atomic mass is 16.7. The first-order valence-electron chi connectivity index (χ1n) is 12.0. The van der Waals surface area contributed by atoms with Crippen LogP contribution in [0.5, 0.6) is 11.5 Å². The molecule has 0 heterocycles. The standard InChI is InChI=1S/C29H44O2/c1-8-9-22-29(30-24-17-12-10-13-18-24,31-25-19-14-11-15-20-25)23-16-21-26(27(2,3)4)28(5,6)7/h10-15,17-20,26H,8-9,16,21-23H2,1-7H3. The highest BCUT2D eigenvalue weighted by Crippen LogP contribution is 2.44. The van der Waals surface area contributed by atoms with Gasteiger partial charge in [0.05, 0.1) is 0 Å². The maximum atomic E-state index is 6.64. The molecule has 0 radical (unpaired) electrons. The Morgan fingerprint density at radius 3 is 1.45 bits per heavy atom. The Hall–Kier alpha value is -1.96. The van der Waals surface area contributed by atoms with Crippen LogP contribution in [0, 0.1) is 16.7 Å². The summed E-state index contributed by atoms with van der Waals surface area (Å²) in [6.45, 7) is 16.4. The van der Waals surface area contributed by atoms with Crippen molar-refractivity contribution in [3.63, 3.8) is 0 Å². The minimum atomic E-state index is -0.654. The molecule has 0 spiro atoms. The van der Waals surface area contributed by atoms with Gasteiger partial charge in [-0.3, -0.25) is 0 Å². The number of rotatable bonds is 11. The summed E-state index contributed by atoms with van der Waals surface area (Å²) >= 11 is 0. The lowest BCUT2D eigenvalue weighted by Crippen LogP contribution is -2.43. The smallest absolute Gasteiger partial charge is 0.251 e. The maximum absolute atomic E-state index is 6.64. The normalized spacial score (nSPS) is 12.8. The van der Waals surface area contributed by atoms with E-state index in [9.17, 15) is 0 Å². The fourth-order valence-corrected chi connectivity index (χ4v) is 4.94. The third kappa shape index (κ3) is 8.24. The van der Waals surface area contributed by atoms with Gasteiger partial charge < -0.3 is 9.47 Å². The SMILES string of the molecule is CCCCC(CCCC(C(C)(C)C)C(C)(C)C)(Oc1ccccc1)Oc1ccccc1. The Morgan fingerprint density at radius 2 is 1.06 bits per heavy atom. The quantitative estimate of drug-likeness (QED) is 0.335. The van der Waals surface area contributed by atoms with E-state index in [4.69, 9.17) is 9.47 Å². The fraction of sp³-hybridized carbons (Fsp3) is 0.586. The van der Waals surface area contributed by atoms with Crippen molar-refractivity contribution in [2.45, 2.75) is 92.8 Å². The number of unbranched alkanes of at least 4 members (excludes halogenated alkanes) is 1. The summed E-state index contributed by atoms with van der Waals surface area (Å²) in [5.74, 6) is 1.71. The molecule has 0 aliphatic rings. The monoisotopic (exact) mass is 424 g/mol. The van der Waals surface area contributed by atoms with Gasteiger partial charge in [-0.1, -0.05) is 91.3 Å². The molecule has 0 saturated carbocycles. The van der Waals surface area contributed by atoms with Gasteiger partial charge in [0.2, 0.25) is 0 Å². The molecule has 2 nitrogen and oxygen atoms in total. The van der Waals surface area contributed by atoms with Gasteiger partial charge in [-0.25, -0.2) is 0 Å². The minimum absolute atomic E-state index is 0.269. The number of hydrogen-bond donors (Lipinski definition) is 0. The van der Waals surface area contributed by atoms with Crippen LogP contribution in [0.1, 0.15) is 87.0 Å². The number of ether oxygens (including phenoxy) is 2. The van der Waals surface area contributed by atoms with Crippen LogP contribution in [-0.4, -0.2) is 5.79 Å². The topological polar surface area (TPSA) is 18.5 Å². The van der Waals surface area contributed by atoms with Crippen LogP contribution < -0.4 is 9.47 Å².